The van der Waals surface area contributed by atoms with Crippen LogP contribution in [0.4, 0.5) is 4.79 Å². The number of methoxy groups -OCH3 is 2. The zero-order valence-electron chi connectivity index (χ0n) is 18.2. The van der Waals surface area contributed by atoms with E-state index in [2.05, 4.69) is 4.74 Å². The molecule has 0 saturated heterocycles. The van der Waals surface area contributed by atoms with Gasteiger partial charge in [0, 0.05) is 0 Å². The van der Waals surface area contributed by atoms with E-state index in [1.807, 2.05) is 0 Å². The van der Waals surface area contributed by atoms with Gasteiger partial charge in [-0.1, -0.05) is 18.2 Å². The fraction of sp³-hybridized carbons (Fsp3) is 0.333. The Morgan fingerprint density at radius 1 is 0.844 bits per heavy atom. The van der Waals surface area contributed by atoms with E-state index in [9.17, 15) is 14.2 Å². The average Bonchev–Trinajstić information content (AvgIpc) is 2.78. The largest absolute Gasteiger partial charge is 0.513 e. The second kappa shape index (κ2) is 12.2. The first-order chi connectivity index (χ1) is 15.4. The highest BCUT2D eigenvalue weighted by Crippen LogP contribution is 2.50. The SMILES string of the molecule is CCOP(=O)(OCC)OCc1ccc(OC)c(OC(=O)c2ccccc2OC(=O)OC)c1. The van der Waals surface area contributed by atoms with Crippen molar-refractivity contribution in [2.45, 2.75) is 20.5 Å². The molecule has 11 heteroatoms. The van der Waals surface area contributed by atoms with Crippen molar-refractivity contribution in [3.05, 3.63) is 53.6 Å². The Balaban J connectivity index is 2.22. The molecule has 2 aromatic rings. The summed E-state index contributed by atoms with van der Waals surface area (Å²) < 4.78 is 48.2. The third-order valence-electron chi connectivity index (χ3n) is 3.86. The van der Waals surface area contributed by atoms with Crippen molar-refractivity contribution in [1.29, 1.82) is 0 Å². The zero-order valence-corrected chi connectivity index (χ0v) is 19.1. The molecule has 32 heavy (non-hydrogen) atoms. The lowest BCUT2D eigenvalue weighted by molar-refractivity contribution is 0.0723. The van der Waals surface area contributed by atoms with Crippen LogP contribution in [-0.2, 0) is 29.5 Å². The summed E-state index contributed by atoms with van der Waals surface area (Å²) in [6.45, 7) is 3.50. The monoisotopic (exact) mass is 468 g/mol. The molecule has 2 rings (SSSR count). The number of hydrogen-bond acceptors (Lipinski definition) is 10. The Kier molecular flexibility index (Phi) is 9.67. The predicted molar refractivity (Wildman–Crippen MR) is 113 cm³/mol. The summed E-state index contributed by atoms with van der Waals surface area (Å²) in [5, 5.41) is 0. The van der Waals surface area contributed by atoms with Crippen molar-refractivity contribution in [3.63, 3.8) is 0 Å². The maximum absolute atomic E-state index is 12.7. The van der Waals surface area contributed by atoms with E-state index in [0.717, 1.165) is 7.11 Å². The minimum Gasteiger partial charge on any atom is -0.493 e. The van der Waals surface area contributed by atoms with Gasteiger partial charge in [0.1, 0.15) is 11.3 Å². The smallest absolute Gasteiger partial charge is 0.493 e. The summed E-state index contributed by atoms with van der Waals surface area (Å²) in [5.41, 5.74) is 0.520. The third kappa shape index (κ3) is 7.06. The molecule has 0 bridgehead atoms. The van der Waals surface area contributed by atoms with Gasteiger partial charge < -0.3 is 18.9 Å². The Morgan fingerprint density at radius 2 is 1.53 bits per heavy atom. The van der Waals surface area contributed by atoms with Gasteiger partial charge >= 0.3 is 19.9 Å². The van der Waals surface area contributed by atoms with Crippen molar-refractivity contribution in [2.24, 2.45) is 0 Å². The van der Waals surface area contributed by atoms with Gasteiger partial charge in [0.25, 0.3) is 0 Å². The van der Waals surface area contributed by atoms with Gasteiger partial charge in [-0.2, -0.15) is 0 Å². The fourth-order valence-corrected chi connectivity index (χ4v) is 3.65. The summed E-state index contributed by atoms with van der Waals surface area (Å²) in [5.74, 6) is -0.479. The molecular formula is C21H25O10P. The van der Waals surface area contributed by atoms with Crippen LogP contribution < -0.4 is 14.2 Å². The first kappa shape index (κ1) is 25.4. The van der Waals surface area contributed by atoms with Gasteiger partial charge in [-0.25, -0.2) is 14.2 Å². The van der Waals surface area contributed by atoms with Gasteiger partial charge in [0.15, 0.2) is 11.5 Å². The molecule has 0 fully saturated rings. The first-order valence-corrected chi connectivity index (χ1v) is 11.1. The molecule has 0 aliphatic heterocycles. The van der Waals surface area contributed by atoms with E-state index in [4.69, 9.17) is 27.8 Å². The van der Waals surface area contributed by atoms with Gasteiger partial charge in [0.2, 0.25) is 0 Å². The lowest BCUT2D eigenvalue weighted by atomic mass is 10.2. The number of benzene rings is 2. The Morgan fingerprint density at radius 3 is 2.16 bits per heavy atom. The molecule has 0 N–H and O–H groups in total. The van der Waals surface area contributed by atoms with Crippen LogP contribution in [0.3, 0.4) is 0 Å². The Hall–Kier alpha value is -2.91. The molecule has 0 unspecified atom stereocenters. The van der Waals surface area contributed by atoms with Crippen molar-refractivity contribution < 1.29 is 46.7 Å². The fourth-order valence-electron chi connectivity index (χ4n) is 2.48. The van der Waals surface area contributed by atoms with Gasteiger partial charge in [-0.05, 0) is 43.7 Å². The van der Waals surface area contributed by atoms with Crippen LogP contribution in [0, 0.1) is 0 Å². The molecule has 10 nitrogen and oxygen atoms in total. The molecule has 0 radical (unpaired) electrons. The number of carbonyl (C=O) groups is 2. The highest BCUT2D eigenvalue weighted by atomic mass is 31.2. The predicted octanol–water partition coefficient (Wildman–Crippen LogP) is 4.76. The van der Waals surface area contributed by atoms with Gasteiger partial charge in [-0.3, -0.25) is 13.6 Å². The van der Waals surface area contributed by atoms with Crippen LogP contribution in [0.15, 0.2) is 42.5 Å². The van der Waals surface area contributed by atoms with E-state index in [1.54, 1.807) is 38.1 Å². The van der Waals surface area contributed by atoms with E-state index < -0.39 is 19.9 Å². The van der Waals surface area contributed by atoms with Crippen LogP contribution in [0.25, 0.3) is 0 Å². The Labute approximate surface area is 185 Å². The summed E-state index contributed by atoms with van der Waals surface area (Å²) >= 11 is 0. The topological polar surface area (TPSA) is 116 Å². The number of phosphoric ester groups is 1. The molecule has 0 spiro atoms. The maximum atomic E-state index is 12.7. The summed E-state index contributed by atoms with van der Waals surface area (Å²) in [4.78, 5) is 24.2. The lowest BCUT2D eigenvalue weighted by Gasteiger charge is -2.17. The lowest BCUT2D eigenvalue weighted by Crippen LogP contribution is -2.14. The second-order valence-corrected chi connectivity index (χ2v) is 7.65. The third-order valence-corrected chi connectivity index (χ3v) is 5.46. The summed E-state index contributed by atoms with van der Waals surface area (Å²) in [6, 6.07) is 10.7. The number of esters is 1. The normalized spacial score (nSPS) is 11.0. The minimum atomic E-state index is -3.72. The number of carbonyl (C=O) groups excluding carboxylic acids is 2. The summed E-state index contributed by atoms with van der Waals surface area (Å²) in [6.07, 6.45) is -0.977. The van der Waals surface area contributed by atoms with Crippen molar-refractivity contribution >= 4 is 19.9 Å². The molecule has 0 aliphatic carbocycles. The van der Waals surface area contributed by atoms with Crippen molar-refractivity contribution in [1.82, 2.24) is 0 Å². The molecule has 0 atom stereocenters. The summed E-state index contributed by atoms with van der Waals surface area (Å²) in [7, 11) is -1.15. The number of para-hydroxylation sites is 1. The van der Waals surface area contributed by atoms with Crippen LogP contribution in [0.2, 0.25) is 0 Å². The van der Waals surface area contributed by atoms with E-state index in [-0.39, 0.29) is 42.6 Å². The van der Waals surface area contributed by atoms with Gasteiger partial charge in [-0.15, -0.1) is 0 Å². The zero-order chi connectivity index (χ0) is 23.6. The van der Waals surface area contributed by atoms with Crippen molar-refractivity contribution in [2.75, 3.05) is 27.4 Å². The number of phosphoric acid groups is 1. The molecule has 0 saturated carbocycles. The molecule has 0 heterocycles. The van der Waals surface area contributed by atoms with Crippen LogP contribution >= 0.6 is 7.82 Å². The van der Waals surface area contributed by atoms with E-state index in [1.165, 1.54) is 25.3 Å². The van der Waals surface area contributed by atoms with E-state index >= 15 is 0 Å². The minimum absolute atomic E-state index is 0.00111. The number of rotatable bonds is 11. The molecule has 0 aromatic heterocycles. The standard InChI is InChI=1S/C21H25O10P/c1-5-27-32(24,28-6-2)29-14-15-11-12-18(25-3)19(13-15)30-20(22)16-9-7-8-10-17(16)31-21(23)26-4/h7-13H,5-6,14H2,1-4H3. The van der Waals surface area contributed by atoms with Crippen LogP contribution in [-0.4, -0.2) is 39.6 Å². The second-order valence-electron chi connectivity index (χ2n) is 5.98. The van der Waals surface area contributed by atoms with E-state index in [0.29, 0.717) is 5.56 Å². The van der Waals surface area contributed by atoms with Crippen LogP contribution in [0.5, 0.6) is 17.2 Å². The first-order valence-electron chi connectivity index (χ1n) is 9.63. The number of hydrogen-bond donors (Lipinski definition) is 0. The Bertz CT molecular complexity index is 965. The highest BCUT2D eigenvalue weighted by molar-refractivity contribution is 7.48. The van der Waals surface area contributed by atoms with Crippen LogP contribution in [0.1, 0.15) is 29.8 Å². The molecule has 0 aliphatic rings. The highest BCUT2D eigenvalue weighted by Gasteiger charge is 2.26. The molecular weight excluding hydrogens is 443 g/mol. The van der Waals surface area contributed by atoms with Gasteiger partial charge in [0.05, 0.1) is 34.0 Å². The molecule has 2 aromatic carbocycles. The van der Waals surface area contributed by atoms with Crippen molar-refractivity contribution in [3.8, 4) is 17.2 Å². The quantitative estimate of drug-likeness (QED) is 0.198. The molecule has 174 valence electrons. The maximum Gasteiger partial charge on any atom is 0.513 e. The number of ether oxygens (including phenoxy) is 4. The average molecular weight is 468 g/mol. The molecule has 0 amide bonds.